The van der Waals surface area contributed by atoms with Crippen molar-refractivity contribution in [1.82, 2.24) is 9.88 Å². The third-order valence-electron chi connectivity index (χ3n) is 5.11. The minimum Gasteiger partial charge on any atom is -0.335 e. The van der Waals surface area contributed by atoms with Gasteiger partial charge in [0, 0.05) is 24.7 Å². The molecule has 1 heterocycles. The molecule has 0 aliphatic heterocycles. The quantitative estimate of drug-likeness (QED) is 0.366. The predicted octanol–water partition coefficient (Wildman–Crippen LogP) is 2.57. The van der Waals surface area contributed by atoms with Gasteiger partial charge < -0.3 is 4.90 Å². The van der Waals surface area contributed by atoms with E-state index in [-0.39, 0.29) is 11.1 Å². The van der Waals surface area contributed by atoms with Crippen molar-refractivity contribution in [1.29, 1.82) is 0 Å². The molecule has 1 rings (SSSR count). The molecule has 0 saturated carbocycles. The summed E-state index contributed by atoms with van der Waals surface area (Å²) < 4.78 is 62.3. The number of hydrogen-bond donors (Lipinski definition) is 2. The molecular weight excluding hydrogens is 444 g/mol. The molecule has 0 atom stereocenters. The first-order chi connectivity index (χ1) is 14.0. The molecule has 1 aromatic heterocycles. The molecule has 0 aliphatic carbocycles. The van der Waals surface area contributed by atoms with Gasteiger partial charge in [-0.15, -0.1) is 0 Å². The lowest BCUT2D eigenvalue weighted by molar-refractivity contribution is 0.0768. The fourth-order valence-corrected chi connectivity index (χ4v) is 3.43. The fourth-order valence-electron chi connectivity index (χ4n) is 2.52. The maximum Gasteiger partial charge on any atom is 0.272 e. The molecule has 1 aromatic rings. The highest BCUT2D eigenvalue weighted by atomic mass is 32.2. The highest BCUT2D eigenvalue weighted by Crippen LogP contribution is 2.29. The molecule has 0 aromatic carbocycles. The van der Waals surface area contributed by atoms with E-state index in [0.717, 1.165) is 16.9 Å². The van der Waals surface area contributed by atoms with Crippen molar-refractivity contribution in [2.75, 3.05) is 24.6 Å². The van der Waals surface area contributed by atoms with E-state index in [4.69, 9.17) is 9.11 Å². The second kappa shape index (κ2) is 10.2. The summed E-state index contributed by atoms with van der Waals surface area (Å²) in [6.07, 6.45) is 6.57. The Hall–Kier alpha value is -1.82. The third kappa shape index (κ3) is 9.90. The Bertz CT molecular complexity index is 978. The number of aromatic nitrogens is 1. The lowest BCUT2D eigenvalue weighted by Gasteiger charge is -2.26. The zero-order chi connectivity index (χ0) is 24.1. The lowest BCUT2D eigenvalue weighted by atomic mass is 9.80. The van der Waals surface area contributed by atoms with Crippen LogP contribution in [0.2, 0.25) is 0 Å². The Kier molecular flexibility index (Phi) is 8.95. The molecule has 0 fully saturated rings. The van der Waals surface area contributed by atoms with Crippen molar-refractivity contribution in [2.45, 2.75) is 46.5 Å². The van der Waals surface area contributed by atoms with Crippen molar-refractivity contribution in [3.63, 3.8) is 0 Å². The van der Waals surface area contributed by atoms with E-state index in [2.05, 4.69) is 37.9 Å². The number of carbonyl (C=O) groups is 1. The molecule has 0 unspecified atom stereocenters. The second-order valence-electron chi connectivity index (χ2n) is 8.69. The van der Waals surface area contributed by atoms with E-state index >= 15 is 0 Å². The fraction of sp³-hybridized carbons (Fsp3) is 0.600. The van der Waals surface area contributed by atoms with Gasteiger partial charge in [-0.2, -0.15) is 16.8 Å². The van der Waals surface area contributed by atoms with Crippen LogP contribution >= 0.6 is 0 Å². The van der Waals surface area contributed by atoms with Crippen LogP contribution in [0.5, 0.6) is 0 Å². The average Bonchev–Trinajstić information content (AvgIpc) is 2.64. The Morgan fingerprint density at radius 3 is 2.00 bits per heavy atom. The lowest BCUT2D eigenvalue weighted by Crippen LogP contribution is -2.39. The van der Waals surface area contributed by atoms with E-state index < -0.39 is 56.2 Å². The number of rotatable bonds is 11. The summed E-state index contributed by atoms with van der Waals surface area (Å²) in [7, 11) is -8.76. The van der Waals surface area contributed by atoms with Crippen molar-refractivity contribution in [2.24, 2.45) is 5.41 Å². The number of pyridine rings is 1. The first-order valence-corrected chi connectivity index (χ1v) is 13.0. The van der Waals surface area contributed by atoms with Crippen molar-refractivity contribution < 1.29 is 30.7 Å². The summed E-state index contributed by atoms with van der Waals surface area (Å²) in [5.41, 5.74) is 0.363. The number of hydrogen-bond acceptors (Lipinski definition) is 6. The number of carbonyl (C=O) groups excluding carboxylic acids is 1. The zero-order valence-corrected chi connectivity index (χ0v) is 20.2. The minimum atomic E-state index is -4.38. The van der Waals surface area contributed by atoms with E-state index in [1.807, 2.05) is 13.8 Å². The smallest absolute Gasteiger partial charge is 0.272 e. The Morgan fingerprint density at radius 2 is 1.55 bits per heavy atom. The summed E-state index contributed by atoms with van der Waals surface area (Å²) in [4.78, 5) is 17.9. The molecule has 9 nitrogen and oxygen atoms in total. The predicted molar refractivity (Wildman–Crippen MR) is 119 cm³/mol. The molecule has 0 saturated heterocycles. The van der Waals surface area contributed by atoms with Gasteiger partial charge in [-0.3, -0.25) is 18.9 Å². The van der Waals surface area contributed by atoms with Gasteiger partial charge in [0.15, 0.2) is 0 Å². The van der Waals surface area contributed by atoms with E-state index in [0.29, 0.717) is 0 Å². The highest BCUT2D eigenvalue weighted by Gasteiger charge is 2.24. The Morgan fingerprint density at radius 1 is 1.03 bits per heavy atom. The first-order valence-electron chi connectivity index (χ1n) is 9.82. The number of nitrogens with zero attached hydrogens (tertiary/aromatic N) is 2. The van der Waals surface area contributed by atoms with Crippen LogP contribution in [-0.2, 0) is 25.7 Å². The van der Waals surface area contributed by atoms with Crippen LogP contribution in [0.4, 0.5) is 0 Å². The normalized spacial score (nSPS) is 13.5. The van der Waals surface area contributed by atoms with Gasteiger partial charge in [0.25, 0.3) is 26.1 Å². The monoisotopic (exact) mass is 476 g/mol. The maximum atomic E-state index is 12.9. The van der Waals surface area contributed by atoms with Gasteiger partial charge in [0.1, 0.15) is 5.69 Å². The summed E-state index contributed by atoms with van der Waals surface area (Å²) in [5, 5.41) is 0. The Labute approximate surface area is 185 Å². The van der Waals surface area contributed by atoms with Crippen LogP contribution in [0, 0.1) is 5.41 Å². The SMILES string of the molecule is CCC(C)(C)/C=C/C(C)(C)c1ccnc(C(=O)N(CCS(=O)(=O)O)CCS(=O)(=O)O)c1. The highest BCUT2D eigenvalue weighted by molar-refractivity contribution is 7.86. The molecule has 31 heavy (non-hydrogen) atoms. The van der Waals surface area contributed by atoms with Crippen LogP contribution in [0.15, 0.2) is 30.5 Å². The van der Waals surface area contributed by atoms with Crippen LogP contribution < -0.4 is 0 Å². The molecule has 1 amide bonds. The van der Waals surface area contributed by atoms with Crippen LogP contribution in [-0.4, -0.2) is 66.3 Å². The summed E-state index contributed by atoms with van der Waals surface area (Å²) in [5.74, 6) is -2.25. The summed E-state index contributed by atoms with van der Waals surface area (Å²) in [6.45, 7) is 9.38. The zero-order valence-electron chi connectivity index (χ0n) is 18.6. The minimum absolute atomic E-state index is 0.000553. The van der Waals surface area contributed by atoms with Crippen LogP contribution in [0.25, 0.3) is 0 Å². The molecular formula is C20H32N2O7S2. The molecule has 176 valence electrons. The summed E-state index contributed by atoms with van der Waals surface area (Å²) in [6, 6.07) is 3.33. The van der Waals surface area contributed by atoms with Gasteiger partial charge in [-0.25, -0.2) is 0 Å². The number of allylic oxidation sites excluding steroid dienone is 2. The van der Waals surface area contributed by atoms with Crippen LogP contribution in [0.1, 0.15) is 57.1 Å². The second-order valence-corrected chi connectivity index (χ2v) is 11.8. The van der Waals surface area contributed by atoms with Crippen molar-refractivity contribution in [3.8, 4) is 0 Å². The molecule has 2 N–H and O–H groups in total. The van der Waals surface area contributed by atoms with Crippen LogP contribution in [0.3, 0.4) is 0 Å². The van der Waals surface area contributed by atoms with Crippen molar-refractivity contribution >= 4 is 26.1 Å². The van der Waals surface area contributed by atoms with Gasteiger partial charge in [-0.1, -0.05) is 46.8 Å². The number of amides is 1. The first kappa shape index (κ1) is 27.2. The molecule has 0 radical (unpaired) electrons. The molecule has 0 spiro atoms. The largest absolute Gasteiger partial charge is 0.335 e. The average molecular weight is 477 g/mol. The third-order valence-corrected chi connectivity index (χ3v) is 6.51. The van der Waals surface area contributed by atoms with Gasteiger partial charge in [0.05, 0.1) is 11.5 Å². The maximum absolute atomic E-state index is 12.9. The Balaban J connectivity index is 3.21. The summed E-state index contributed by atoms with van der Waals surface area (Å²) >= 11 is 0. The van der Waals surface area contributed by atoms with E-state index in [1.165, 1.54) is 6.20 Å². The van der Waals surface area contributed by atoms with Gasteiger partial charge in [-0.05, 0) is 29.5 Å². The van der Waals surface area contributed by atoms with E-state index in [1.54, 1.807) is 12.1 Å². The topological polar surface area (TPSA) is 142 Å². The standard InChI is InChI=1S/C20H32N2O7S2/c1-6-19(2,3)8-9-20(4,5)16-7-10-21-17(15-16)18(23)22(11-13-30(24,25)26)12-14-31(27,28)29/h7-10,15H,6,11-14H2,1-5H3,(H,24,25,26)(H,27,28,29)/b9-8+. The van der Waals surface area contributed by atoms with Crippen molar-refractivity contribution in [3.05, 3.63) is 41.7 Å². The van der Waals surface area contributed by atoms with Gasteiger partial charge >= 0.3 is 0 Å². The molecule has 0 aliphatic rings. The van der Waals surface area contributed by atoms with Gasteiger partial charge in [0.2, 0.25) is 0 Å². The molecule has 11 heteroatoms. The van der Waals surface area contributed by atoms with E-state index in [9.17, 15) is 21.6 Å². The molecule has 0 bridgehead atoms.